The Bertz CT molecular complexity index is 500. The lowest BCUT2D eigenvalue weighted by Gasteiger charge is -2.45. The molecule has 0 radical (unpaired) electrons. The van der Waals surface area contributed by atoms with Crippen LogP contribution in [-0.4, -0.2) is 11.6 Å². The number of hydrogen-bond donors (Lipinski definition) is 1. The van der Waals surface area contributed by atoms with Crippen LogP contribution in [0.3, 0.4) is 0 Å². The maximum Gasteiger partial charge on any atom is 0.0158 e. The van der Waals surface area contributed by atoms with Crippen molar-refractivity contribution in [1.29, 1.82) is 0 Å². The first-order chi connectivity index (χ1) is 13.2. The molecule has 2 heterocycles. The zero-order chi connectivity index (χ0) is 18.3. The van der Waals surface area contributed by atoms with Crippen LogP contribution in [0.4, 0.5) is 0 Å². The first-order valence-corrected chi connectivity index (χ1v) is 13.0. The molecule has 2 aliphatic heterocycles. The SMILES string of the molecule is CC12CCCC(N1)C1CCCC1CCC1CCCC(CC1)C1CCC(C1)C2. The first kappa shape index (κ1) is 19.0. The van der Waals surface area contributed by atoms with E-state index in [0.29, 0.717) is 5.54 Å². The van der Waals surface area contributed by atoms with Gasteiger partial charge in [-0.2, -0.15) is 0 Å². The van der Waals surface area contributed by atoms with Crippen LogP contribution in [0.15, 0.2) is 0 Å². The fraction of sp³-hybridized carbons (Fsp3) is 1.00. The Morgan fingerprint density at radius 3 is 2.30 bits per heavy atom. The molecular weight excluding hydrogens is 326 g/mol. The fourth-order valence-electron chi connectivity index (χ4n) is 8.72. The van der Waals surface area contributed by atoms with E-state index in [2.05, 4.69) is 12.2 Å². The second kappa shape index (κ2) is 8.00. The highest BCUT2D eigenvalue weighted by molar-refractivity contribution is 4.99. The molecule has 5 aliphatic rings. The summed E-state index contributed by atoms with van der Waals surface area (Å²) < 4.78 is 0. The Labute approximate surface area is 168 Å². The summed E-state index contributed by atoms with van der Waals surface area (Å²) in [6, 6.07) is 0.845. The molecule has 0 amide bonds. The Hall–Kier alpha value is -0.0400. The topological polar surface area (TPSA) is 12.0 Å². The van der Waals surface area contributed by atoms with Crippen molar-refractivity contribution in [3.8, 4) is 0 Å². The molecule has 154 valence electrons. The Morgan fingerprint density at radius 2 is 1.37 bits per heavy atom. The van der Waals surface area contributed by atoms with Gasteiger partial charge in [0.25, 0.3) is 0 Å². The van der Waals surface area contributed by atoms with E-state index in [-0.39, 0.29) is 0 Å². The predicted octanol–water partition coefficient (Wildman–Crippen LogP) is 7.10. The van der Waals surface area contributed by atoms with E-state index in [4.69, 9.17) is 0 Å². The molecule has 3 aliphatic carbocycles. The molecule has 2 saturated heterocycles. The van der Waals surface area contributed by atoms with Gasteiger partial charge < -0.3 is 5.32 Å². The highest BCUT2D eigenvalue weighted by Crippen LogP contribution is 2.48. The summed E-state index contributed by atoms with van der Waals surface area (Å²) in [6.45, 7) is 2.60. The molecule has 1 heteroatoms. The highest BCUT2D eigenvalue weighted by Gasteiger charge is 2.42. The summed E-state index contributed by atoms with van der Waals surface area (Å²) in [5.41, 5.74) is 0.449. The van der Waals surface area contributed by atoms with Crippen molar-refractivity contribution in [3.05, 3.63) is 0 Å². The molecule has 0 aromatic carbocycles. The van der Waals surface area contributed by atoms with Gasteiger partial charge in [0.05, 0.1) is 0 Å². The van der Waals surface area contributed by atoms with Crippen molar-refractivity contribution in [3.63, 3.8) is 0 Å². The quantitative estimate of drug-likeness (QED) is 0.479. The lowest BCUT2D eigenvalue weighted by Crippen LogP contribution is -2.55. The largest absolute Gasteiger partial charge is 0.308 e. The van der Waals surface area contributed by atoms with E-state index in [0.717, 1.165) is 41.5 Å². The van der Waals surface area contributed by atoms with Crippen LogP contribution < -0.4 is 5.32 Å². The Morgan fingerprint density at radius 1 is 0.630 bits per heavy atom. The molecule has 27 heavy (non-hydrogen) atoms. The van der Waals surface area contributed by atoms with Crippen LogP contribution in [0.1, 0.15) is 116 Å². The zero-order valence-electron chi connectivity index (χ0n) is 18.1. The number of piperidine rings is 1. The van der Waals surface area contributed by atoms with Crippen LogP contribution in [0.2, 0.25) is 0 Å². The number of hydrogen-bond acceptors (Lipinski definition) is 1. The molecule has 8 atom stereocenters. The van der Waals surface area contributed by atoms with Crippen molar-refractivity contribution in [2.24, 2.45) is 35.5 Å². The van der Waals surface area contributed by atoms with E-state index >= 15 is 0 Å². The van der Waals surface area contributed by atoms with Crippen molar-refractivity contribution in [1.82, 2.24) is 5.32 Å². The van der Waals surface area contributed by atoms with Crippen molar-refractivity contribution in [2.75, 3.05) is 0 Å². The number of fused-ring (bicyclic) bond motifs is 10. The van der Waals surface area contributed by atoms with Crippen LogP contribution >= 0.6 is 0 Å². The molecule has 5 fully saturated rings. The van der Waals surface area contributed by atoms with E-state index in [1.165, 1.54) is 38.5 Å². The zero-order valence-corrected chi connectivity index (χ0v) is 18.1. The van der Waals surface area contributed by atoms with E-state index < -0.39 is 0 Å². The molecule has 6 bridgehead atoms. The minimum Gasteiger partial charge on any atom is -0.308 e. The van der Waals surface area contributed by atoms with E-state index in [1.54, 1.807) is 70.6 Å². The minimum atomic E-state index is 0.449. The number of nitrogens with one attached hydrogen (secondary N) is 1. The average Bonchev–Trinajstić information content (AvgIpc) is 3.24. The van der Waals surface area contributed by atoms with Gasteiger partial charge in [0.2, 0.25) is 0 Å². The van der Waals surface area contributed by atoms with Gasteiger partial charge >= 0.3 is 0 Å². The molecule has 0 spiro atoms. The minimum absolute atomic E-state index is 0.449. The summed E-state index contributed by atoms with van der Waals surface area (Å²) in [5, 5.41) is 4.30. The molecule has 5 rings (SSSR count). The lowest BCUT2D eigenvalue weighted by atomic mass is 9.74. The smallest absolute Gasteiger partial charge is 0.0158 e. The molecule has 0 aromatic rings. The Balaban J connectivity index is 1.37. The number of rotatable bonds is 0. The lowest BCUT2D eigenvalue weighted by molar-refractivity contribution is 0.129. The van der Waals surface area contributed by atoms with Gasteiger partial charge in [-0.1, -0.05) is 57.8 Å². The maximum atomic E-state index is 4.30. The third-order valence-corrected chi connectivity index (χ3v) is 10.1. The van der Waals surface area contributed by atoms with Gasteiger partial charge in [-0.15, -0.1) is 0 Å². The average molecular weight is 372 g/mol. The second-order valence-electron chi connectivity index (χ2n) is 11.9. The maximum absolute atomic E-state index is 4.30. The normalized spacial score (nSPS) is 51.2. The van der Waals surface area contributed by atoms with E-state index in [9.17, 15) is 0 Å². The monoisotopic (exact) mass is 371 g/mol. The third kappa shape index (κ3) is 4.15. The van der Waals surface area contributed by atoms with Crippen LogP contribution in [0, 0.1) is 35.5 Å². The molecule has 1 nitrogen and oxygen atoms in total. The molecular formula is C26H45N. The summed E-state index contributed by atoms with van der Waals surface area (Å²) in [6.07, 6.45) is 26.1. The van der Waals surface area contributed by atoms with E-state index in [1.807, 2.05) is 0 Å². The standard InChI is InChI=1S/C26H45N/c1-26-16-4-9-25(27-26)24-8-3-7-22(24)14-11-19-5-2-6-21(13-10-19)23-15-12-20(17-23)18-26/h19-25,27H,2-18H2,1H3. The highest BCUT2D eigenvalue weighted by atomic mass is 15.0. The predicted molar refractivity (Wildman–Crippen MR) is 115 cm³/mol. The summed E-state index contributed by atoms with van der Waals surface area (Å²) in [4.78, 5) is 0. The van der Waals surface area contributed by atoms with Gasteiger partial charge in [-0.05, 0) is 93.8 Å². The first-order valence-electron chi connectivity index (χ1n) is 13.0. The summed E-state index contributed by atoms with van der Waals surface area (Å²) >= 11 is 0. The molecule has 3 saturated carbocycles. The van der Waals surface area contributed by atoms with Crippen LogP contribution in [0.5, 0.6) is 0 Å². The molecule has 0 aromatic heterocycles. The van der Waals surface area contributed by atoms with Crippen molar-refractivity contribution in [2.45, 2.75) is 128 Å². The van der Waals surface area contributed by atoms with Gasteiger partial charge in [0.15, 0.2) is 0 Å². The van der Waals surface area contributed by atoms with Gasteiger partial charge in [0.1, 0.15) is 0 Å². The summed E-state index contributed by atoms with van der Waals surface area (Å²) in [5.74, 6) is 6.32. The van der Waals surface area contributed by atoms with Crippen molar-refractivity contribution >= 4 is 0 Å². The van der Waals surface area contributed by atoms with Gasteiger partial charge in [0, 0.05) is 11.6 Å². The third-order valence-electron chi connectivity index (χ3n) is 10.1. The van der Waals surface area contributed by atoms with Crippen LogP contribution in [0.25, 0.3) is 0 Å². The molecule has 8 unspecified atom stereocenters. The molecule has 1 N–H and O–H groups in total. The van der Waals surface area contributed by atoms with Gasteiger partial charge in [-0.3, -0.25) is 0 Å². The Kier molecular flexibility index (Phi) is 5.62. The van der Waals surface area contributed by atoms with Crippen molar-refractivity contribution < 1.29 is 0 Å². The second-order valence-corrected chi connectivity index (χ2v) is 11.9. The fourth-order valence-corrected chi connectivity index (χ4v) is 8.72. The van der Waals surface area contributed by atoms with Gasteiger partial charge in [-0.25, -0.2) is 0 Å². The van der Waals surface area contributed by atoms with Crippen LogP contribution in [-0.2, 0) is 0 Å². The summed E-state index contributed by atoms with van der Waals surface area (Å²) in [7, 11) is 0.